The first-order valence-electron chi connectivity index (χ1n) is 10.1. The minimum absolute atomic E-state index is 0.00257. The molecule has 0 fully saturated rings. The van der Waals surface area contributed by atoms with E-state index in [1.54, 1.807) is 18.2 Å². The number of benzene rings is 2. The van der Waals surface area contributed by atoms with Gasteiger partial charge in [-0.3, -0.25) is 4.90 Å². The largest absolute Gasteiger partial charge is 0.434 e. The molecule has 4 aromatic rings. The highest BCUT2D eigenvalue weighted by molar-refractivity contribution is 5.63. The molecule has 0 radical (unpaired) electrons. The van der Waals surface area contributed by atoms with E-state index < -0.39 is 6.61 Å². The number of para-hydroxylation sites is 2. The summed E-state index contributed by atoms with van der Waals surface area (Å²) in [5.74, 6) is 0.580. The minimum Gasteiger partial charge on any atom is -0.434 e. The number of alkyl halides is 2. The van der Waals surface area contributed by atoms with E-state index in [4.69, 9.17) is 4.52 Å². The Morgan fingerprint density at radius 3 is 2.50 bits per heavy atom. The van der Waals surface area contributed by atoms with E-state index >= 15 is 0 Å². The smallest absolute Gasteiger partial charge is 0.387 e. The summed E-state index contributed by atoms with van der Waals surface area (Å²) in [7, 11) is 1.94. The van der Waals surface area contributed by atoms with Crippen molar-refractivity contribution in [2.75, 3.05) is 7.05 Å². The monoisotopic (exact) mass is 439 g/mol. The lowest BCUT2D eigenvalue weighted by Crippen LogP contribution is -2.18. The van der Waals surface area contributed by atoms with Crippen molar-refractivity contribution in [1.29, 1.82) is 0 Å². The molecule has 32 heavy (non-hydrogen) atoms. The summed E-state index contributed by atoms with van der Waals surface area (Å²) in [6.45, 7) is 2.12. The van der Waals surface area contributed by atoms with Gasteiger partial charge in [0.25, 0.3) is 0 Å². The van der Waals surface area contributed by atoms with Crippen LogP contribution in [0.25, 0.3) is 17.1 Å². The van der Waals surface area contributed by atoms with E-state index in [1.807, 2.05) is 60.8 Å². The fourth-order valence-corrected chi connectivity index (χ4v) is 3.56. The van der Waals surface area contributed by atoms with Gasteiger partial charge in [0.2, 0.25) is 11.7 Å². The lowest BCUT2D eigenvalue weighted by atomic mass is 10.2. The molecule has 0 unspecified atom stereocenters. The Morgan fingerprint density at radius 1 is 1.03 bits per heavy atom. The first-order chi connectivity index (χ1) is 15.4. The maximum Gasteiger partial charge on any atom is 0.387 e. The van der Waals surface area contributed by atoms with Gasteiger partial charge in [-0.1, -0.05) is 35.5 Å². The standard InChI is InChI=1S/C23H23F2N5O2/c1-15-19(16(2)30(27-15)17-9-5-4-6-10-17)13-29(3)14-21-26-22(28-32-21)18-11-7-8-12-20(18)31-23(24)25/h4-12,23H,13-14H2,1-3H3. The van der Waals surface area contributed by atoms with Crippen molar-refractivity contribution in [1.82, 2.24) is 24.8 Å². The van der Waals surface area contributed by atoms with Gasteiger partial charge in [-0.15, -0.1) is 0 Å². The van der Waals surface area contributed by atoms with Crippen molar-refractivity contribution in [3.05, 3.63) is 77.4 Å². The van der Waals surface area contributed by atoms with Gasteiger partial charge in [0.15, 0.2) is 0 Å². The third-order valence-corrected chi connectivity index (χ3v) is 5.09. The Balaban J connectivity index is 1.48. The number of halogens is 2. The first-order valence-corrected chi connectivity index (χ1v) is 10.1. The van der Waals surface area contributed by atoms with Crippen molar-refractivity contribution in [2.45, 2.75) is 33.5 Å². The molecule has 0 spiro atoms. The van der Waals surface area contributed by atoms with Gasteiger partial charge in [-0.2, -0.15) is 18.9 Å². The Morgan fingerprint density at radius 2 is 1.75 bits per heavy atom. The fourth-order valence-electron chi connectivity index (χ4n) is 3.56. The van der Waals surface area contributed by atoms with E-state index in [2.05, 4.69) is 20.0 Å². The number of hydrogen-bond donors (Lipinski definition) is 0. The average molecular weight is 439 g/mol. The van der Waals surface area contributed by atoms with E-state index in [1.165, 1.54) is 6.07 Å². The second-order valence-corrected chi connectivity index (χ2v) is 7.46. The Labute approximate surface area is 184 Å². The van der Waals surface area contributed by atoms with Crippen LogP contribution in [0, 0.1) is 13.8 Å². The summed E-state index contributed by atoms with van der Waals surface area (Å²) in [6, 6.07) is 16.3. The predicted octanol–water partition coefficient (Wildman–Crippen LogP) is 4.77. The predicted molar refractivity (Wildman–Crippen MR) is 115 cm³/mol. The van der Waals surface area contributed by atoms with Gasteiger partial charge in [-0.05, 0) is 45.2 Å². The molecule has 0 N–H and O–H groups in total. The molecule has 0 bridgehead atoms. The molecule has 0 aliphatic carbocycles. The van der Waals surface area contributed by atoms with Gasteiger partial charge in [0.05, 0.1) is 23.5 Å². The van der Waals surface area contributed by atoms with Gasteiger partial charge in [-0.25, -0.2) is 4.68 Å². The number of rotatable bonds is 8. The summed E-state index contributed by atoms with van der Waals surface area (Å²) >= 11 is 0. The first kappa shape index (κ1) is 21.6. The number of ether oxygens (including phenoxy) is 1. The molecule has 9 heteroatoms. The number of aromatic nitrogens is 4. The van der Waals surface area contributed by atoms with E-state index in [-0.39, 0.29) is 11.6 Å². The Kier molecular flexibility index (Phi) is 6.27. The number of aryl methyl sites for hydroxylation is 1. The van der Waals surface area contributed by atoms with Crippen molar-refractivity contribution in [3.63, 3.8) is 0 Å². The minimum atomic E-state index is -2.93. The van der Waals surface area contributed by atoms with Crippen LogP contribution >= 0.6 is 0 Å². The van der Waals surface area contributed by atoms with Crippen LogP contribution in [0.4, 0.5) is 8.78 Å². The van der Waals surface area contributed by atoms with Crippen LogP contribution in [-0.4, -0.2) is 38.5 Å². The number of hydrogen-bond acceptors (Lipinski definition) is 6. The van der Waals surface area contributed by atoms with E-state index in [0.29, 0.717) is 24.5 Å². The summed E-state index contributed by atoms with van der Waals surface area (Å²) in [6.07, 6.45) is 0. The summed E-state index contributed by atoms with van der Waals surface area (Å²) in [5, 5.41) is 8.62. The van der Waals surface area contributed by atoms with Crippen LogP contribution in [-0.2, 0) is 13.1 Å². The number of nitrogens with zero attached hydrogens (tertiary/aromatic N) is 5. The highest BCUT2D eigenvalue weighted by Crippen LogP contribution is 2.29. The zero-order chi connectivity index (χ0) is 22.7. The third-order valence-electron chi connectivity index (χ3n) is 5.09. The molecule has 0 aliphatic rings. The van der Waals surface area contributed by atoms with E-state index in [0.717, 1.165) is 22.6 Å². The molecule has 4 rings (SSSR count). The maximum absolute atomic E-state index is 12.7. The summed E-state index contributed by atoms with van der Waals surface area (Å²) < 4.78 is 37.2. The average Bonchev–Trinajstić information content (AvgIpc) is 3.34. The SMILES string of the molecule is Cc1nn(-c2ccccc2)c(C)c1CN(C)Cc1nc(-c2ccccc2OC(F)F)no1. The second-order valence-electron chi connectivity index (χ2n) is 7.46. The third kappa shape index (κ3) is 4.67. The Bertz CT molecular complexity index is 1190. The van der Waals surface area contributed by atoms with Crippen LogP contribution in [0.1, 0.15) is 22.8 Å². The molecule has 0 saturated heterocycles. The molecule has 166 valence electrons. The molecule has 0 saturated carbocycles. The zero-order valence-electron chi connectivity index (χ0n) is 18.0. The van der Waals surface area contributed by atoms with Gasteiger partial charge >= 0.3 is 6.61 Å². The molecule has 7 nitrogen and oxygen atoms in total. The molecular weight excluding hydrogens is 416 g/mol. The van der Waals surface area contributed by atoms with Crippen LogP contribution in [0.15, 0.2) is 59.1 Å². The molecule has 2 aromatic heterocycles. The quantitative estimate of drug-likeness (QED) is 0.394. The highest BCUT2D eigenvalue weighted by Gasteiger charge is 2.18. The van der Waals surface area contributed by atoms with Gasteiger partial charge in [0, 0.05) is 17.8 Å². The van der Waals surface area contributed by atoms with Crippen molar-refractivity contribution in [2.24, 2.45) is 0 Å². The molecule has 0 amide bonds. The van der Waals surface area contributed by atoms with Crippen molar-refractivity contribution in [3.8, 4) is 22.8 Å². The van der Waals surface area contributed by atoms with Crippen molar-refractivity contribution < 1.29 is 18.0 Å². The maximum atomic E-state index is 12.7. The zero-order valence-corrected chi connectivity index (χ0v) is 18.0. The molecular formula is C23H23F2N5O2. The lowest BCUT2D eigenvalue weighted by Gasteiger charge is -2.14. The van der Waals surface area contributed by atoms with Gasteiger partial charge < -0.3 is 9.26 Å². The molecule has 0 atom stereocenters. The van der Waals surface area contributed by atoms with E-state index in [9.17, 15) is 8.78 Å². The molecule has 2 aromatic carbocycles. The second kappa shape index (κ2) is 9.27. The summed E-state index contributed by atoms with van der Waals surface area (Å²) in [4.78, 5) is 6.40. The molecule has 2 heterocycles. The Hall–Kier alpha value is -3.59. The molecule has 0 aliphatic heterocycles. The van der Waals surface area contributed by atoms with Crippen LogP contribution < -0.4 is 4.74 Å². The fraction of sp³-hybridized carbons (Fsp3) is 0.261. The highest BCUT2D eigenvalue weighted by atomic mass is 19.3. The van der Waals surface area contributed by atoms with Crippen LogP contribution in [0.3, 0.4) is 0 Å². The van der Waals surface area contributed by atoms with Crippen LogP contribution in [0.2, 0.25) is 0 Å². The topological polar surface area (TPSA) is 69.2 Å². The van der Waals surface area contributed by atoms with Crippen LogP contribution in [0.5, 0.6) is 5.75 Å². The summed E-state index contributed by atoms with van der Waals surface area (Å²) in [5.41, 5.74) is 4.48. The normalized spacial score (nSPS) is 11.5. The van der Waals surface area contributed by atoms with Gasteiger partial charge in [0.1, 0.15) is 5.75 Å². The lowest BCUT2D eigenvalue weighted by molar-refractivity contribution is -0.0494. The van der Waals surface area contributed by atoms with Crippen molar-refractivity contribution >= 4 is 0 Å².